The lowest BCUT2D eigenvalue weighted by molar-refractivity contribution is 0.529. The van der Waals surface area contributed by atoms with Crippen LogP contribution in [0.15, 0.2) is 59.1 Å². The number of nitrogens with zero attached hydrogens (tertiary/aromatic N) is 3. The van der Waals surface area contributed by atoms with E-state index in [2.05, 4.69) is 4.98 Å². The van der Waals surface area contributed by atoms with E-state index in [1.165, 1.54) is 29.2 Å². The summed E-state index contributed by atoms with van der Waals surface area (Å²) in [6.07, 6.45) is 1.45. The van der Waals surface area contributed by atoms with Gasteiger partial charge in [0, 0.05) is 5.56 Å². The molecule has 0 saturated carbocycles. The van der Waals surface area contributed by atoms with Crippen molar-refractivity contribution < 1.29 is 8.78 Å². The molecule has 0 fully saturated rings. The van der Waals surface area contributed by atoms with Crippen LogP contribution in [0.4, 0.5) is 13.8 Å². The topological polar surface area (TPSA) is 54.5 Å². The molecule has 2 aromatic carbocycles. The summed E-state index contributed by atoms with van der Waals surface area (Å²) in [6, 6.07) is 13.4. The monoisotopic (exact) mass is 430 g/mol. The Bertz CT molecular complexity index is 1040. The minimum absolute atomic E-state index is 0.160. The average Bonchev–Trinajstić information content (AvgIpc) is 3.33. The Balaban J connectivity index is 1.89. The molecule has 1 aliphatic heterocycles. The van der Waals surface area contributed by atoms with Gasteiger partial charge in [-0.3, -0.25) is 0 Å². The van der Waals surface area contributed by atoms with Gasteiger partial charge < -0.3 is 5.73 Å². The number of nitrogens with two attached hydrogens (primary N) is 1. The molecule has 1 unspecified atom stereocenters. The van der Waals surface area contributed by atoms with Gasteiger partial charge in [-0.15, -0.1) is 11.3 Å². The number of hydrogen-bond acceptors (Lipinski definition) is 6. The molecular weight excluding hydrogens is 410 g/mol. The second-order valence-electron chi connectivity index (χ2n) is 6.73. The van der Waals surface area contributed by atoms with E-state index >= 15 is 0 Å². The van der Waals surface area contributed by atoms with Crippen LogP contribution >= 0.6 is 23.1 Å². The zero-order valence-corrected chi connectivity index (χ0v) is 17.4. The fourth-order valence-electron chi connectivity index (χ4n) is 3.40. The van der Waals surface area contributed by atoms with Crippen LogP contribution in [0.3, 0.4) is 0 Å². The van der Waals surface area contributed by atoms with E-state index in [1.54, 1.807) is 5.51 Å². The molecule has 0 aliphatic carbocycles. The van der Waals surface area contributed by atoms with Crippen molar-refractivity contribution in [2.24, 2.45) is 10.8 Å². The second-order valence-corrected chi connectivity index (χ2v) is 8.83. The third kappa shape index (κ3) is 3.68. The zero-order chi connectivity index (χ0) is 20.4. The number of thiazole rings is 1. The third-order valence-corrected chi connectivity index (χ3v) is 7.16. The Morgan fingerprint density at radius 1 is 1.14 bits per heavy atom. The molecule has 3 aromatic rings. The Labute approximate surface area is 176 Å². The molecule has 0 spiro atoms. The number of rotatable bonds is 6. The fourth-order valence-corrected chi connectivity index (χ4v) is 5.71. The number of hydrogen-bond donors (Lipinski definition) is 1. The van der Waals surface area contributed by atoms with Gasteiger partial charge in [-0.05, 0) is 50.1 Å². The maximum absolute atomic E-state index is 14.6. The molecule has 2 heterocycles. The Morgan fingerprint density at radius 2 is 1.93 bits per heavy atom. The molecule has 1 aliphatic rings. The predicted octanol–water partition coefficient (Wildman–Crippen LogP) is 5.24. The molecule has 0 saturated heterocycles. The molecule has 0 amide bonds. The summed E-state index contributed by atoms with van der Waals surface area (Å²) < 4.78 is 28.5. The van der Waals surface area contributed by atoms with E-state index in [-0.39, 0.29) is 5.56 Å². The van der Waals surface area contributed by atoms with Crippen LogP contribution in [0.2, 0.25) is 0 Å². The second kappa shape index (κ2) is 8.22. The van der Waals surface area contributed by atoms with Crippen molar-refractivity contribution in [1.29, 1.82) is 0 Å². The maximum Gasteiger partial charge on any atom is 0.140 e. The molecular formula is C21H20F2N4S2. The highest BCUT2D eigenvalue weighted by Crippen LogP contribution is 2.53. The summed E-state index contributed by atoms with van der Waals surface area (Å²) in [5.74, 6) is -0.995. The van der Waals surface area contributed by atoms with Gasteiger partial charge in [0.1, 0.15) is 26.6 Å². The van der Waals surface area contributed by atoms with E-state index in [1.807, 2.05) is 42.3 Å². The number of anilines is 1. The van der Waals surface area contributed by atoms with Crippen molar-refractivity contribution in [3.8, 4) is 0 Å². The third-order valence-electron chi connectivity index (χ3n) is 4.81. The highest BCUT2D eigenvalue weighted by atomic mass is 32.2. The Hall–Kier alpha value is -2.29. The van der Waals surface area contributed by atoms with Crippen molar-refractivity contribution in [1.82, 2.24) is 4.98 Å². The van der Waals surface area contributed by atoms with Gasteiger partial charge in [0.05, 0.1) is 11.2 Å². The van der Waals surface area contributed by atoms with Crippen LogP contribution in [0, 0.1) is 18.6 Å². The SMILES string of the molecule is Cc1ncsc1N1N=C(c2cc(F)ccc2F)SC1(CCCN)c1ccccc1. The lowest BCUT2D eigenvalue weighted by Gasteiger charge is -2.36. The number of benzene rings is 2. The zero-order valence-electron chi connectivity index (χ0n) is 15.8. The molecule has 150 valence electrons. The smallest absolute Gasteiger partial charge is 0.140 e. The van der Waals surface area contributed by atoms with Gasteiger partial charge in [0.15, 0.2) is 0 Å². The summed E-state index contributed by atoms with van der Waals surface area (Å²) in [4.78, 5) is 3.75. The number of thioether (sulfide) groups is 1. The van der Waals surface area contributed by atoms with E-state index in [0.29, 0.717) is 18.0 Å². The highest BCUT2D eigenvalue weighted by molar-refractivity contribution is 8.15. The van der Waals surface area contributed by atoms with Crippen molar-refractivity contribution in [2.45, 2.75) is 24.6 Å². The quantitative estimate of drug-likeness (QED) is 0.581. The van der Waals surface area contributed by atoms with Crippen LogP contribution in [0.25, 0.3) is 0 Å². The minimum Gasteiger partial charge on any atom is -0.330 e. The molecule has 29 heavy (non-hydrogen) atoms. The van der Waals surface area contributed by atoms with Gasteiger partial charge in [-0.25, -0.2) is 18.8 Å². The fraction of sp³-hybridized carbons (Fsp3) is 0.238. The van der Waals surface area contributed by atoms with E-state index in [9.17, 15) is 8.78 Å². The lowest BCUT2D eigenvalue weighted by Crippen LogP contribution is -2.38. The van der Waals surface area contributed by atoms with Gasteiger partial charge in [0.25, 0.3) is 0 Å². The first kappa shape index (κ1) is 20.0. The Morgan fingerprint density at radius 3 is 2.62 bits per heavy atom. The van der Waals surface area contributed by atoms with Crippen molar-refractivity contribution in [3.05, 3.63) is 82.5 Å². The maximum atomic E-state index is 14.6. The van der Waals surface area contributed by atoms with Crippen LogP contribution in [0.1, 0.15) is 29.7 Å². The average molecular weight is 431 g/mol. The molecule has 1 aromatic heterocycles. The molecule has 4 nitrogen and oxygen atoms in total. The Kier molecular flexibility index (Phi) is 5.67. The number of aryl methyl sites for hydroxylation is 1. The van der Waals surface area contributed by atoms with E-state index in [0.717, 1.165) is 34.8 Å². The van der Waals surface area contributed by atoms with E-state index in [4.69, 9.17) is 10.8 Å². The summed E-state index contributed by atoms with van der Waals surface area (Å²) in [5, 5.41) is 8.01. The van der Waals surface area contributed by atoms with Crippen LogP contribution in [-0.4, -0.2) is 16.6 Å². The van der Waals surface area contributed by atoms with Gasteiger partial charge in [-0.2, -0.15) is 5.10 Å². The van der Waals surface area contributed by atoms with Crippen LogP contribution in [-0.2, 0) is 4.87 Å². The van der Waals surface area contributed by atoms with Gasteiger partial charge in [0.2, 0.25) is 0 Å². The summed E-state index contributed by atoms with van der Waals surface area (Å²) >= 11 is 2.91. The molecule has 4 rings (SSSR count). The van der Waals surface area contributed by atoms with E-state index < -0.39 is 16.5 Å². The first-order valence-electron chi connectivity index (χ1n) is 9.24. The first-order valence-corrected chi connectivity index (χ1v) is 10.9. The normalized spacial score (nSPS) is 18.9. The number of aromatic nitrogens is 1. The summed E-state index contributed by atoms with van der Waals surface area (Å²) in [6.45, 7) is 2.44. The van der Waals surface area contributed by atoms with Crippen LogP contribution < -0.4 is 10.7 Å². The first-order chi connectivity index (χ1) is 14.0. The van der Waals surface area contributed by atoms with Crippen LogP contribution in [0.5, 0.6) is 0 Å². The highest BCUT2D eigenvalue weighted by Gasteiger charge is 2.47. The minimum atomic E-state index is -0.619. The van der Waals surface area contributed by atoms with Gasteiger partial charge >= 0.3 is 0 Å². The molecule has 0 radical (unpaired) electrons. The molecule has 2 N–H and O–H groups in total. The van der Waals surface area contributed by atoms with Gasteiger partial charge in [-0.1, -0.05) is 42.1 Å². The standard InChI is InChI=1S/C21H20F2N4S2/c1-14-20(28-13-25-14)27-21(10-5-11-24,15-6-3-2-4-7-15)29-19(26-27)17-12-16(22)8-9-18(17)23/h2-4,6-9,12-13H,5,10-11,24H2,1H3. The van der Waals surface area contributed by atoms with Crippen molar-refractivity contribution >= 4 is 33.1 Å². The predicted molar refractivity (Wildman–Crippen MR) is 116 cm³/mol. The van der Waals surface area contributed by atoms with Crippen molar-refractivity contribution in [3.63, 3.8) is 0 Å². The lowest BCUT2D eigenvalue weighted by atomic mass is 10.0. The largest absolute Gasteiger partial charge is 0.330 e. The molecule has 8 heteroatoms. The molecule has 1 atom stereocenters. The number of halogens is 2. The summed E-state index contributed by atoms with van der Waals surface area (Å²) in [5.41, 5.74) is 9.64. The van der Waals surface area contributed by atoms with Crippen molar-refractivity contribution in [2.75, 3.05) is 11.6 Å². The molecule has 0 bridgehead atoms. The number of hydrazone groups is 1. The summed E-state index contributed by atoms with van der Waals surface area (Å²) in [7, 11) is 0.